The first-order valence-electron chi connectivity index (χ1n) is 26.4. The van der Waals surface area contributed by atoms with Gasteiger partial charge in [0.15, 0.2) is 0 Å². The van der Waals surface area contributed by atoms with Crippen molar-refractivity contribution in [3.05, 3.63) is 26.0 Å². The minimum absolute atomic E-state index is 0.00239. The molecule has 0 spiro atoms. The number of nitrogens with zero attached hydrogens (tertiary/aromatic N) is 1. The number of unbranched alkanes of at least 4 members (excludes halogenated alkanes) is 24. The molecule has 0 aliphatic rings. The Bertz CT molecular complexity index is 1230. The molecule has 0 aliphatic heterocycles. The zero-order valence-corrected chi connectivity index (χ0v) is 40.8. The van der Waals surface area contributed by atoms with Gasteiger partial charge in [0.25, 0.3) is 0 Å². The number of ether oxygens (including phenoxy) is 2. The lowest BCUT2D eigenvalue weighted by Gasteiger charge is -2.22. The highest BCUT2D eigenvalue weighted by atomic mass is 16.5. The summed E-state index contributed by atoms with van der Waals surface area (Å²) in [4.78, 5) is 51.8. The van der Waals surface area contributed by atoms with E-state index in [0.29, 0.717) is 30.5 Å². The first kappa shape index (κ1) is 56.8. The molecule has 0 radical (unpaired) electrons. The maximum Gasteiger partial charge on any atom is 0.306 e. The van der Waals surface area contributed by atoms with Crippen molar-refractivity contribution >= 4 is 17.6 Å². The van der Waals surface area contributed by atoms with E-state index in [-0.39, 0.29) is 35.0 Å². The molecule has 356 valence electrons. The zero-order valence-electron chi connectivity index (χ0n) is 40.8. The number of rotatable bonds is 46. The van der Waals surface area contributed by atoms with Crippen molar-refractivity contribution in [2.75, 3.05) is 32.0 Å². The van der Waals surface area contributed by atoms with Gasteiger partial charge in [-0.3, -0.25) is 19.2 Å². The fraction of sp³-hybridized carbons (Fsp3) is 0.887. The van der Waals surface area contributed by atoms with Gasteiger partial charge in [-0.15, -0.1) is 0 Å². The molecule has 0 aromatic heterocycles. The van der Waals surface area contributed by atoms with Gasteiger partial charge in [0.2, 0.25) is 10.9 Å². The summed E-state index contributed by atoms with van der Waals surface area (Å²) in [6.07, 6.45) is 41.4. The molecule has 8 nitrogen and oxygen atoms in total. The van der Waals surface area contributed by atoms with E-state index < -0.39 is 0 Å². The summed E-state index contributed by atoms with van der Waals surface area (Å²) >= 11 is 0. The average molecular weight is 859 g/mol. The summed E-state index contributed by atoms with van der Waals surface area (Å²) in [6.45, 7) is 12.0. The number of hydrogen-bond acceptors (Lipinski definition) is 8. The first-order chi connectivity index (χ1) is 29.8. The van der Waals surface area contributed by atoms with E-state index in [4.69, 9.17) is 9.47 Å². The summed E-state index contributed by atoms with van der Waals surface area (Å²) in [5, 5.41) is 2.90. The lowest BCUT2D eigenvalue weighted by molar-refractivity contribution is -0.150. The second-order valence-electron chi connectivity index (χ2n) is 18.4. The van der Waals surface area contributed by atoms with Crippen LogP contribution in [0.5, 0.6) is 0 Å². The minimum atomic E-state index is -0.377. The van der Waals surface area contributed by atoms with Crippen LogP contribution in [0.4, 0.5) is 5.69 Å². The molecule has 1 aromatic carbocycles. The van der Waals surface area contributed by atoms with Gasteiger partial charge in [0.05, 0.1) is 5.69 Å². The molecule has 1 N–H and O–H groups in total. The molecule has 0 aliphatic carbocycles. The van der Waals surface area contributed by atoms with Crippen molar-refractivity contribution in [1.82, 2.24) is 4.90 Å². The molecule has 0 saturated carbocycles. The number of hydrogen-bond donors (Lipinski definition) is 1. The molecule has 1 aromatic rings. The molecule has 8 heteroatoms. The van der Waals surface area contributed by atoms with Gasteiger partial charge in [-0.1, -0.05) is 163 Å². The van der Waals surface area contributed by atoms with Gasteiger partial charge in [-0.25, -0.2) is 0 Å². The Morgan fingerprint density at radius 2 is 0.820 bits per heavy atom. The van der Waals surface area contributed by atoms with E-state index in [0.717, 1.165) is 129 Å². The van der Waals surface area contributed by atoms with Crippen LogP contribution in [0.2, 0.25) is 0 Å². The summed E-state index contributed by atoms with van der Waals surface area (Å²) in [7, 11) is 1.71. The molecule has 61 heavy (non-hydrogen) atoms. The van der Waals surface area contributed by atoms with Crippen molar-refractivity contribution in [2.24, 2.45) is 0 Å². The van der Waals surface area contributed by atoms with E-state index in [2.05, 4.69) is 37.9 Å². The van der Waals surface area contributed by atoms with Crippen molar-refractivity contribution in [1.29, 1.82) is 0 Å². The normalized spacial score (nSPS) is 12.2. The van der Waals surface area contributed by atoms with Gasteiger partial charge in [0.1, 0.15) is 12.2 Å². The van der Waals surface area contributed by atoms with Crippen LogP contribution in [0.3, 0.4) is 0 Å². The average Bonchev–Trinajstić information content (AvgIpc) is 3.26. The third-order valence-electron chi connectivity index (χ3n) is 12.8. The van der Waals surface area contributed by atoms with Gasteiger partial charge in [-0.2, -0.15) is 0 Å². The molecule has 1 rings (SSSR count). The van der Waals surface area contributed by atoms with Gasteiger partial charge >= 0.3 is 11.9 Å². The first-order valence-corrected chi connectivity index (χ1v) is 26.4. The second kappa shape index (κ2) is 40.5. The van der Waals surface area contributed by atoms with E-state index in [1.165, 1.54) is 109 Å². The summed E-state index contributed by atoms with van der Waals surface area (Å²) in [5.74, 6) is -0.0247. The maximum atomic E-state index is 12.9. The van der Waals surface area contributed by atoms with Crippen LogP contribution in [0.15, 0.2) is 9.59 Å². The highest BCUT2D eigenvalue weighted by molar-refractivity contribution is 5.69. The van der Waals surface area contributed by atoms with Crippen LogP contribution in [0.1, 0.15) is 264 Å². The van der Waals surface area contributed by atoms with Crippen LogP contribution in [0.25, 0.3) is 0 Å². The Morgan fingerprint density at radius 1 is 0.459 bits per heavy atom. The predicted octanol–water partition coefficient (Wildman–Crippen LogP) is 14.1. The number of esters is 2. The molecule has 1 unspecified atom stereocenters. The van der Waals surface area contributed by atoms with E-state index in [1.807, 2.05) is 0 Å². The van der Waals surface area contributed by atoms with Crippen LogP contribution >= 0.6 is 0 Å². The summed E-state index contributed by atoms with van der Waals surface area (Å²) < 4.78 is 11.9. The lowest BCUT2D eigenvalue weighted by Crippen LogP contribution is -2.38. The zero-order chi connectivity index (χ0) is 44.6. The number of nitrogens with one attached hydrogen (secondary N) is 1. The Morgan fingerprint density at radius 3 is 1.25 bits per heavy atom. The Labute approximate surface area is 375 Å². The largest absolute Gasteiger partial charge is 0.462 e. The monoisotopic (exact) mass is 859 g/mol. The van der Waals surface area contributed by atoms with Gasteiger partial charge < -0.3 is 19.7 Å². The number of carbonyl (C=O) groups is 2. The molecule has 0 fully saturated rings. The summed E-state index contributed by atoms with van der Waals surface area (Å²) in [6, 6.07) is 0. The smallest absolute Gasteiger partial charge is 0.306 e. The van der Waals surface area contributed by atoms with Crippen molar-refractivity contribution < 1.29 is 19.1 Å². The third kappa shape index (κ3) is 30.5. The highest BCUT2D eigenvalue weighted by Crippen LogP contribution is 2.20. The quantitative estimate of drug-likeness (QED) is 0.0393. The Balaban J connectivity index is 2.41. The van der Waals surface area contributed by atoms with Crippen molar-refractivity contribution in [3.8, 4) is 0 Å². The Kier molecular flexibility index (Phi) is 37.8. The number of anilines is 1. The van der Waals surface area contributed by atoms with Crippen LogP contribution in [0, 0.1) is 0 Å². The second-order valence-corrected chi connectivity index (χ2v) is 18.4. The molecule has 0 bridgehead atoms. The minimum Gasteiger partial charge on any atom is -0.462 e. The fourth-order valence-corrected chi connectivity index (χ4v) is 8.74. The SMILES string of the molecule is CCCCCCCCC(CC)OC(=O)CCCCCCCN(CCCCCCCC(=O)OC(CCCCCCCC)CCCCCCCC)CCCCc1c(NC)c(=O)c1=O. The summed E-state index contributed by atoms with van der Waals surface area (Å²) in [5.41, 5.74) is 0.476. The van der Waals surface area contributed by atoms with E-state index in [9.17, 15) is 19.2 Å². The van der Waals surface area contributed by atoms with E-state index in [1.54, 1.807) is 7.05 Å². The molecule has 0 saturated heterocycles. The molecule has 0 amide bonds. The molecular weight excluding hydrogens is 761 g/mol. The van der Waals surface area contributed by atoms with Gasteiger partial charge in [-0.05, 0) is 110 Å². The van der Waals surface area contributed by atoms with Crippen LogP contribution < -0.4 is 16.2 Å². The molecule has 0 heterocycles. The molecule has 1 atom stereocenters. The lowest BCUT2D eigenvalue weighted by atomic mass is 10.0. The predicted molar refractivity (Wildman–Crippen MR) is 260 cm³/mol. The van der Waals surface area contributed by atoms with Crippen LogP contribution in [-0.2, 0) is 25.5 Å². The van der Waals surface area contributed by atoms with E-state index >= 15 is 0 Å². The van der Waals surface area contributed by atoms with Crippen LogP contribution in [-0.4, -0.2) is 55.7 Å². The topological polar surface area (TPSA) is 102 Å². The third-order valence-corrected chi connectivity index (χ3v) is 12.8. The van der Waals surface area contributed by atoms with Crippen molar-refractivity contribution in [3.63, 3.8) is 0 Å². The number of carbonyl (C=O) groups excluding carboxylic acids is 2. The van der Waals surface area contributed by atoms with Crippen molar-refractivity contribution in [2.45, 2.75) is 277 Å². The fourth-order valence-electron chi connectivity index (χ4n) is 8.74. The van der Waals surface area contributed by atoms with Gasteiger partial charge in [0, 0.05) is 25.5 Å². The maximum absolute atomic E-state index is 12.9. The molecular formula is C53H98N2O6. The standard InChI is InChI=1S/C53H98N2O6/c1-6-10-13-16-21-28-37-46(9-4)60-49(56)41-31-24-19-26-34-43-55(45-36-33-40-48-51(54-5)53(59)52(48)58)44-35-27-20-25-32-42-50(57)61-47(38-29-22-17-14-11-7-2)39-30-23-18-15-12-8-3/h46-47,54H,6-45H2,1-5H3. The Hall–Kier alpha value is -2.22. The highest BCUT2D eigenvalue weighted by Gasteiger charge is 2.19.